The topological polar surface area (TPSA) is 85.6 Å². The average molecular weight is 751 g/mol. The van der Waals surface area contributed by atoms with E-state index in [0.29, 0.717) is 33.8 Å². The van der Waals surface area contributed by atoms with Gasteiger partial charge in [0.25, 0.3) is 0 Å². The van der Waals surface area contributed by atoms with Crippen molar-refractivity contribution in [3.8, 4) is 63.0 Å². The monoisotopic (exact) mass is 750 g/mol. The van der Waals surface area contributed by atoms with E-state index in [9.17, 15) is 15.8 Å². The number of hydrogen-bond donors (Lipinski definition) is 0. The predicted molar refractivity (Wildman–Crippen MR) is 237 cm³/mol. The fourth-order valence-electron chi connectivity index (χ4n) is 8.54. The van der Waals surface area contributed by atoms with Crippen LogP contribution in [-0.2, 0) is 0 Å². The lowest BCUT2D eigenvalue weighted by Crippen LogP contribution is -2.05. The zero-order valence-electron chi connectivity index (χ0n) is 31.8. The first-order valence-electron chi connectivity index (χ1n) is 19.1. The molecule has 0 atom stereocenters. The van der Waals surface area contributed by atoms with Crippen molar-refractivity contribution in [3.05, 3.63) is 197 Å². The summed E-state index contributed by atoms with van der Waals surface area (Å²) in [5.74, 6) is 0. The lowest BCUT2D eigenvalue weighted by molar-refractivity contribution is 1.12. The highest BCUT2D eigenvalue weighted by molar-refractivity contribution is 6.12. The summed E-state index contributed by atoms with van der Waals surface area (Å²) in [6.07, 6.45) is 0. The molecule has 0 saturated carbocycles. The van der Waals surface area contributed by atoms with Crippen LogP contribution in [0.2, 0.25) is 0 Å². The van der Waals surface area contributed by atoms with Crippen LogP contribution < -0.4 is 0 Å². The summed E-state index contributed by atoms with van der Waals surface area (Å²) < 4.78 is 4.40. The number of nitrogens with zero attached hydrogens (tertiary/aromatic N) is 6. The summed E-state index contributed by atoms with van der Waals surface area (Å²) in [5.41, 5.74) is 14.0. The number of nitriles is 3. The van der Waals surface area contributed by atoms with Crippen molar-refractivity contribution < 1.29 is 0 Å². The smallest absolute Gasteiger partial charge is 0.187 e. The zero-order chi connectivity index (χ0) is 40.2. The average Bonchev–Trinajstić information content (AvgIpc) is 3.80. The third-order valence-corrected chi connectivity index (χ3v) is 11.3. The number of hydrogen-bond acceptors (Lipinski definition) is 3. The third kappa shape index (κ3) is 5.69. The van der Waals surface area contributed by atoms with Gasteiger partial charge in [-0.05, 0) is 107 Å². The molecule has 10 aromatic rings. The molecule has 0 radical (unpaired) electrons. The molecule has 6 nitrogen and oxygen atoms in total. The fourth-order valence-corrected chi connectivity index (χ4v) is 8.54. The van der Waals surface area contributed by atoms with E-state index in [4.69, 9.17) is 6.57 Å². The van der Waals surface area contributed by atoms with Gasteiger partial charge in [-0.2, -0.15) is 15.8 Å². The summed E-state index contributed by atoms with van der Waals surface area (Å²) in [7, 11) is 0. The summed E-state index contributed by atoms with van der Waals surface area (Å²) in [5, 5.41) is 35.2. The van der Waals surface area contributed by atoms with Crippen molar-refractivity contribution in [1.29, 1.82) is 15.8 Å². The number of rotatable bonds is 5. The van der Waals surface area contributed by atoms with E-state index >= 15 is 0 Å². The number of para-hydroxylation sites is 2. The molecule has 0 saturated heterocycles. The van der Waals surface area contributed by atoms with Crippen LogP contribution in [0.4, 0.5) is 5.69 Å². The Labute approximate surface area is 340 Å². The summed E-state index contributed by atoms with van der Waals surface area (Å²) in [6.45, 7) is 9.45. The minimum atomic E-state index is 0.489. The number of benzene rings is 8. The first-order valence-corrected chi connectivity index (χ1v) is 19.1. The van der Waals surface area contributed by atoms with E-state index in [0.717, 1.165) is 82.6 Å². The van der Waals surface area contributed by atoms with Crippen molar-refractivity contribution in [2.24, 2.45) is 0 Å². The second-order valence-corrected chi connectivity index (χ2v) is 14.7. The zero-order valence-corrected chi connectivity index (χ0v) is 31.8. The molecule has 59 heavy (non-hydrogen) atoms. The van der Waals surface area contributed by atoms with Gasteiger partial charge < -0.3 is 9.13 Å². The lowest BCUT2D eigenvalue weighted by atomic mass is 9.97. The third-order valence-electron chi connectivity index (χ3n) is 11.3. The predicted octanol–water partition coefficient (Wildman–Crippen LogP) is 13.4. The van der Waals surface area contributed by atoms with Crippen LogP contribution in [0.3, 0.4) is 0 Å². The van der Waals surface area contributed by atoms with Crippen molar-refractivity contribution >= 4 is 49.3 Å². The molecule has 0 N–H and O–H groups in total. The second-order valence-electron chi connectivity index (χ2n) is 14.7. The van der Waals surface area contributed by atoms with Crippen LogP contribution in [0.5, 0.6) is 0 Å². The Morgan fingerprint density at radius 1 is 0.424 bits per heavy atom. The van der Waals surface area contributed by atoms with Crippen LogP contribution in [-0.4, -0.2) is 9.13 Å². The molecule has 0 unspecified atom stereocenters. The van der Waals surface area contributed by atoms with Gasteiger partial charge in [0.05, 0.1) is 63.3 Å². The van der Waals surface area contributed by atoms with Gasteiger partial charge in [-0.1, -0.05) is 103 Å². The molecule has 0 bridgehead atoms. The highest BCUT2D eigenvalue weighted by atomic mass is 15.0. The van der Waals surface area contributed by atoms with Gasteiger partial charge in [-0.25, -0.2) is 4.85 Å². The van der Waals surface area contributed by atoms with E-state index in [1.807, 2.05) is 91.9 Å². The van der Waals surface area contributed by atoms with Crippen LogP contribution in [0.1, 0.15) is 22.3 Å². The molecule has 2 aromatic heterocycles. The number of aryl methyl sites for hydroxylation is 1. The summed E-state index contributed by atoms with van der Waals surface area (Å²) >= 11 is 0. The molecule has 0 fully saturated rings. The maximum Gasteiger partial charge on any atom is 0.187 e. The Morgan fingerprint density at radius 2 is 0.898 bits per heavy atom. The molecule has 0 amide bonds. The minimum absolute atomic E-state index is 0.489. The Hall–Kier alpha value is -8.68. The van der Waals surface area contributed by atoms with Crippen molar-refractivity contribution in [2.75, 3.05) is 0 Å². The van der Waals surface area contributed by atoms with Crippen LogP contribution >= 0.6 is 0 Å². The largest absolute Gasteiger partial charge is 0.308 e. The van der Waals surface area contributed by atoms with Gasteiger partial charge in [-0.3, -0.25) is 0 Å². The standard InChI is InChI=1S/C53H30N6/c1-33-23-35(31-55)25-40(24-33)41-28-52(58-48-9-5-3-7-43(48)45-21-17-38(26-50(45)58)36-13-11-34(30-54)12-14-36)47(32-56)53(29-41)59-49-10-6-4-8-44(49)46-22-18-39(27-51(46)59)37-15-19-42(57-2)20-16-37/h3-29H,1H3. The van der Waals surface area contributed by atoms with Crippen molar-refractivity contribution in [2.45, 2.75) is 6.92 Å². The quantitative estimate of drug-likeness (QED) is 0.164. The Bertz CT molecular complexity index is 3340. The van der Waals surface area contributed by atoms with Crippen molar-refractivity contribution in [1.82, 2.24) is 9.13 Å². The van der Waals surface area contributed by atoms with E-state index < -0.39 is 0 Å². The normalized spacial score (nSPS) is 11.1. The van der Waals surface area contributed by atoms with Gasteiger partial charge in [0, 0.05) is 21.5 Å². The van der Waals surface area contributed by atoms with Crippen molar-refractivity contribution in [3.63, 3.8) is 0 Å². The number of fused-ring (bicyclic) bond motifs is 6. The van der Waals surface area contributed by atoms with E-state index in [2.05, 4.69) is 111 Å². The molecule has 272 valence electrons. The molecular weight excluding hydrogens is 721 g/mol. The molecule has 10 rings (SSSR count). The lowest BCUT2D eigenvalue weighted by Gasteiger charge is -2.19. The molecule has 6 heteroatoms. The van der Waals surface area contributed by atoms with Gasteiger partial charge >= 0.3 is 0 Å². The first kappa shape index (κ1) is 34.8. The molecular formula is C53H30N6. The van der Waals surface area contributed by atoms with Gasteiger partial charge in [0.1, 0.15) is 11.6 Å². The van der Waals surface area contributed by atoms with Gasteiger partial charge in [0.15, 0.2) is 5.69 Å². The molecule has 0 spiro atoms. The molecule has 8 aromatic carbocycles. The Balaban J connectivity index is 1.33. The Kier molecular flexibility index (Phi) is 8.14. The van der Waals surface area contributed by atoms with Gasteiger partial charge in [-0.15, -0.1) is 0 Å². The first-order chi connectivity index (χ1) is 29.0. The fraction of sp³-hybridized carbons (Fsp3) is 0.0189. The van der Waals surface area contributed by atoms with E-state index in [-0.39, 0.29) is 0 Å². The Morgan fingerprint density at radius 3 is 1.41 bits per heavy atom. The maximum atomic E-state index is 11.5. The maximum absolute atomic E-state index is 11.5. The van der Waals surface area contributed by atoms with E-state index in [1.165, 1.54) is 0 Å². The van der Waals surface area contributed by atoms with E-state index in [1.54, 1.807) is 0 Å². The highest BCUT2D eigenvalue weighted by Crippen LogP contribution is 2.42. The minimum Gasteiger partial charge on any atom is -0.308 e. The van der Waals surface area contributed by atoms with Crippen LogP contribution in [0.15, 0.2) is 164 Å². The van der Waals surface area contributed by atoms with Crippen LogP contribution in [0, 0.1) is 47.5 Å². The number of aromatic nitrogens is 2. The SMILES string of the molecule is [C-]#[N+]c1ccc(-c2ccc3c4ccccc4n(-c4cc(-c5cc(C)cc(C#N)c5)cc(-n5c6ccccc6c6ccc(-c7ccc(C#N)cc7)cc65)c4C#N)c3c2)cc1. The second kappa shape index (κ2) is 13.8. The van der Waals surface area contributed by atoms with Gasteiger partial charge in [0.2, 0.25) is 0 Å². The summed E-state index contributed by atoms with van der Waals surface area (Å²) in [4.78, 5) is 3.58. The summed E-state index contributed by atoms with van der Waals surface area (Å²) in [6, 6.07) is 61.8. The highest BCUT2D eigenvalue weighted by Gasteiger charge is 2.23. The van der Waals surface area contributed by atoms with Crippen LogP contribution in [0.25, 0.3) is 93.2 Å². The molecule has 0 aliphatic heterocycles. The molecule has 0 aliphatic rings. The molecule has 0 aliphatic carbocycles. The molecule has 2 heterocycles.